The maximum absolute atomic E-state index is 9.78. The molecular formula is C12H7Cl5O2. The third kappa shape index (κ3) is 2.52. The van der Waals surface area contributed by atoms with Gasteiger partial charge < -0.3 is 10.2 Å². The topological polar surface area (TPSA) is 40.5 Å². The molecule has 1 aromatic rings. The summed E-state index contributed by atoms with van der Waals surface area (Å²) in [5.74, 6) is -2.51. The van der Waals surface area contributed by atoms with E-state index >= 15 is 0 Å². The average molecular weight is 360 g/mol. The fourth-order valence-electron chi connectivity index (χ4n) is 1.70. The van der Waals surface area contributed by atoms with Gasteiger partial charge >= 0.3 is 0 Å². The minimum absolute atomic E-state index is 0.0332. The molecule has 1 aliphatic rings. The highest BCUT2D eigenvalue weighted by atomic mass is 35.5. The van der Waals surface area contributed by atoms with Crippen LogP contribution in [0.5, 0.6) is 0 Å². The largest absolute Gasteiger partial charge is 0.360 e. The van der Waals surface area contributed by atoms with E-state index in [0.29, 0.717) is 10.6 Å². The molecule has 19 heavy (non-hydrogen) atoms. The standard InChI is InChI=1S/C12H7Cl5O2/c13-6-4-2-1-3-5(6)7-8(14)10(16)12(18,19)11(17)9(7)15/h1-4,10,18-19H. The van der Waals surface area contributed by atoms with Crippen LogP contribution in [0.3, 0.4) is 0 Å². The zero-order valence-corrected chi connectivity index (χ0v) is 13.0. The van der Waals surface area contributed by atoms with Crippen LogP contribution in [0.25, 0.3) is 5.57 Å². The van der Waals surface area contributed by atoms with Crippen molar-refractivity contribution in [3.63, 3.8) is 0 Å². The highest BCUT2D eigenvalue weighted by Crippen LogP contribution is 2.48. The Balaban J connectivity index is 2.71. The fraction of sp³-hybridized carbons (Fsp3) is 0.167. The van der Waals surface area contributed by atoms with Gasteiger partial charge in [-0.05, 0) is 6.07 Å². The van der Waals surface area contributed by atoms with Crippen LogP contribution in [-0.4, -0.2) is 21.4 Å². The molecule has 0 saturated heterocycles. The predicted octanol–water partition coefficient (Wildman–Crippen LogP) is 4.28. The molecule has 0 radical (unpaired) electrons. The first-order valence-corrected chi connectivity index (χ1v) is 7.02. The number of alkyl halides is 1. The Hall–Kier alpha value is 0.0700. The van der Waals surface area contributed by atoms with Gasteiger partial charge in [0.05, 0.1) is 15.1 Å². The Bertz CT molecular complexity index is 592. The molecule has 2 N–H and O–H groups in total. The third-order valence-corrected chi connectivity index (χ3v) is 5.01. The number of halogens is 5. The van der Waals surface area contributed by atoms with Gasteiger partial charge in [0.2, 0.25) is 5.79 Å². The molecule has 0 aliphatic heterocycles. The molecule has 2 rings (SSSR count). The van der Waals surface area contributed by atoms with E-state index in [1.807, 2.05) is 0 Å². The van der Waals surface area contributed by atoms with Crippen LogP contribution in [0.4, 0.5) is 0 Å². The maximum Gasteiger partial charge on any atom is 0.224 e. The number of rotatable bonds is 1. The Morgan fingerprint density at radius 1 is 1.00 bits per heavy atom. The highest BCUT2D eigenvalue weighted by Gasteiger charge is 2.46. The fourth-order valence-corrected chi connectivity index (χ4v) is 3.15. The molecule has 0 aromatic heterocycles. The molecule has 1 unspecified atom stereocenters. The zero-order valence-electron chi connectivity index (χ0n) is 9.17. The minimum Gasteiger partial charge on any atom is -0.360 e. The maximum atomic E-state index is 9.78. The molecule has 0 amide bonds. The van der Waals surface area contributed by atoms with Crippen molar-refractivity contribution in [3.8, 4) is 0 Å². The van der Waals surface area contributed by atoms with Gasteiger partial charge in [-0.15, -0.1) is 11.6 Å². The number of hydrogen-bond donors (Lipinski definition) is 2. The summed E-state index contributed by atoms with van der Waals surface area (Å²) in [6, 6.07) is 6.80. The van der Waals surface area contributed by atoms with Crippen molar-refractivity contribution in [3.05, 3.63) is 49.9 Å². The first-order valence-electron chi connectivity index (χ1n) is 5.08. The molecule has 0 heterocycles. The van der Waals surface area contributed by atoms with E-state index in [4.69, 9.17) is 58.0 Å². The summed E-state index contributed by atoms with van der Waals surface area (Å²) in [4.78, 5) is 0. The van der Waals surface area contributed by atoms with Gasteiger partial charge in [0.15, 0.2) is 0 Å². The van der Waals surface area contributed by atoms with Crippen LogP contribution < -0.4 is 0 Å². The molecular weight excluding hydrogens is 353 g/mol. The molecule has 0 bridgehead atoms. The summed E-state index contributed by atoms with van der Waals surface area (Å²) >= 11 is 29.9. The van der Waals surface area contributed by atoms with Gasteiger partial charge in [-0.2, -0.15) is 0 Å². The monoisotopic (exact) mass is 358 g/mol. The Morgan fingerprint density at radius 3 is 2.16 bits per heavy atom. The zero-order chi connectivity index (χ0) is 14.4. The lowest BCUT2D eigenvalue weighted by Gasteiger charge is -2.32. The van der Waals surface area contributed by atoms with Crippen molar-refractivity contribution in [2.75, 3.05) is 0 Å². The summed E-state index contributed by atoms with van der Waals surface area (Å²) in [6.07, 6.45) is 0. The number of allylic oxidation sites excluding steroid dienone is 2. The molecule has 1 aliphatic carbocycles. The van der Waals surface area contributed by atoms with E-state index in [0.717, 1.165) is 0 Å². The van der Waals surface area contributed by atoms with Gasteiger partial charge in [-0.3, -0.25) is 0 Å². The van der Waals surface area contributed by atoms with Crippen LogP contribution >= 0.6 is 58.0 Å². The van der Waals surface area contributed by atoms with Crippen molar-refractivity contribution in [2.24, 2.45) is 0 Å². The van der Waals surface area contributed by atoms with Crippen LogP contribution in [0.1, 0.15) is 5.56 Å². The first kappa shape index (κ1) is 15.5. The van der Waals surface area contributed by atoms with Gasteiger partial charge in [0.1, 0.15) is 5.38 Å². The van der Waals surface area contributed by atoms with E-state index in [1.165, 1.54) is 0 Å². The quantitative estimate of drug-likeness (QED) is 0.580. The molecule has 0 fully saturated rings. The van der Waals surface area contributed by atoms with Crippen molar-refractivity contribution in [1.29, 1.82) is 0 Å². The number of benzene rings is 1. The second-order valence-corrected chi connectivity index (χ2v) is 5.93. The van der Waals surface area contributed by atoms with Crippen molar-refractivity contribution in [1.82, 2.24) is 0 Å². The van der Waals surface area contributed by atoms with E-state index in [-0.39, 0.29) is 15.6 Å². The van der Waals surface area contributed by atoms with E-state index in [1.54, 1.807) is 24.3 Å². The van der Waals surface area contributed by atoms with Crippen LogP contribution in [0.15, 0.2) is 39.4 Å². The normalized spacial score (nSPS) is 23.0. The molecule has 7 heteroatoms. The molecule has 1 atom stereocenters. The van der Waals surface area contributed by atoms with Crippen molar-refractivity contribution >= 4 is 63.6 Å². The van der Waals surface area contributed by atoms with E-state index in [9.17, 15) is 10.2 Å². The summed E-state index contributed by atoms with van der Waals surface area (Å²) in [5.41, 5.74) is 0.802. The van der Waals surface area contributed by atoms with Crippen LogP contribution in [0, 0.1) is 0 Å². The lowest BCUT2D eigenvalue weighted by Crippen LogP contribution is -2.42. The van der Waals surface area contributed by atoms with Crippen LogP contribution in [0.2, 0.25) is 5.02 Å². The summed E-state index contributed by atoms with van der Waals surface area (Å²) in [7, 11) is 0. The molecule has 1 aromatic carbocycles. The van der Waals surface area contributed by atoms with E-state index < -0.39 is 16.2 Å². The summed E-state index contributed by atoms with van der Waals surface area (Å²) < 4.78 is 0. The van der Waals surface area contributed by atoms with Crippen molar-refractivity contribution < 1.29 is 10.2 Å². The lowest BCUT2D eigenvalue weighted by atomic mass is 9.95. The van der Waals surface area contributed by atoms with Gasteiger partial charge in [-0.1, -0.05) is 64.6 Å². The highest BCUT2D eigenvalue weighted by molar-refractivity contribution is 6.51. The Morgan fingerprint density at radius 2 is 1.58 bits per heavy atom. The second-order valence-electron chi connectivity index (χ2n) is 3.92. The molecule has 0 saturated carbocycles. The van der Waals surface area contributed by atoms with Crippen LogP contribution in [-0.2, 0) is 0 Å². The SMILES string of the molecule is OC1(O)C(Cl)=C(Cl)C(c2ccccc2Cl)=C(Cl)C1Cl. The van der Waals surface area contributed by atoms with Gasteiger partial charge in [0, 0.05) is 16.2 Å². The van der Waals surface area contributed by atoms with Crippen molar-refractivity contribution in [2.45, 2.75) is 11.2 Å². The van der Waals surface area contributed by atoms with E-state index in [2.05, 4.69) is 0 Å². The Labute approximate surface area is 134 Å². The minimum atomic E-state index is -2.51. The first-order chi connectivity index (χ1) is 8.78. The molecule has 102 valence electrons. The Kier molecular flexibility index (Phi) is 4.44. The predicted molar refractivity (Wildman–Crippen MR) is 79.8 cm³/mol. The molecule has 2 nitrogen and oxygen atoms in total. The molecule has 0 spiro atoms. The second kappa shape index (κ2) is 5.45. The summed E-state index contributed by atoms with van der Waals surface area (Å²) in [5, 5.41) is 18.1. The smallest absolute Gasteiger partial charge is 0.224 e. The van der Waals surface area contributed by atoms with Gasteiger partial charge in [-0.25, -0.2) is 0 Å². The summed E-state index contributed by atoms with van der Waals surface area (Å²) in [6.45, 7) is 0. The number of hydrogen-bond acceptors (Lipinski definition) is 2. The lowest BCUT2D eigenvalue weighted by molar-refractivity contribution is -0.117. The third-order valence-electron chi connectivity index (χ3n) is 2.69. The van der Waals surface area contributed by atoms with Gasteiger partial charge in [0.25, 0.3) is 0 Å². The average Bonchev–Trinajstić information content (AvgIpc) is 2.37. The number of aliphatic hydroxyl groups is 2.